The fourth-order valence-corrected chi connectivity index (χ4v) is 3.85. The number of anilines is 1. The number of nitrogens with zero attached hydrogens (tertiary/aromatic N) is 4. The first-order valence-corrected chi connectivity index (χ1v) is 8.60. The Hall–Kier alpha value is -1.89. The second kappa shape index (κ2) is 6.70. The van der Waals surface area contributed by atoms with Crippen LogP contribution in [0.4, 0.5) is 10.1 Å². The van der Waals surface area contributed by atoms with Crippen LogP contribution in [0, 0.1) is 5.82 Å². The van der Waals surface area contributed by atoms with Gasteiger partial charge in [0, 0.05) is 25.7 Å². The fraction of sp³-hybridized carbons (Fsp3) is 0.438. The van der Waals surface area contributed by atoms with Crippen molar-refractivity contribution in [2.75, 3.05) is 11.4 Å². The number of carbonyl (C=O) groups is 1. The van der Waals surface area contributed by atoms with Crippen molar-refractivity contribution in [2.45, 2.75) is 36.6 Å². The molecule has 0 aliphatic carbocycles. The number of carbonyl (C=O) groups excluding carboxylic acids is 1. The molecular formula is C16H19FN4OS. The third-order valence-corrected chi connectivity index (χ3v) is 5.29. The second-order valence-corrected chi connectivity index (χ2v) is 6.70. The van der Waals surface area contributed by atoms with E-state index in [0.29, 0.717) is 12.2 Å². The van der Waals surface area contributed by atoms with Crippen LogP contribution in [0.15, 0.2) is 29.4 Å². The van der Waals surface area contributed by atoms with E-state index in [1.165, 1.54) is 23.9 Å². The molecule has 0 radical (unpaired) electrons. The van der Waals surface area contributed by atoms with Crippen LogP contribution in [-0.2, 0) is 18.3 Å². The topological polar surface area (TPSA) is 51.0 Å². The molecule has 1 fully saturated rings. The molecular weight excluding hydrogens is 315 g/mol. The van der Waals surface area contributed by atoms with Gasteiger partial charge in [-0.15, -0.1) is 10.2 Å². The zero-order valence-corrected chi connectivity index (χ0v) is 14.0. The molecule has 5 nitrogen and oxygen atoms in total. The first kappa shape index (κ1) is 16.0. The summed E-state index contributed by atoms with van der Waals surface area (Å²) in [6.07, 6.45) is 2.49. The van der Waals surface area contributed by atoms with Gasteiger partial charge in [-0.1, -0.05) is 24.8 Å². The Morgan fingerprint density at radius 3 is 2.91 bits per heavy atom. The van der Waals surface area contributed by atoms with Gasteiger partial charge in [-0.25, -0.2) is 4.39 Å². The highest BCUT2D eigenvalue weighted by atomic mass is 32.2. The molecule has 1 aromatic carbocycles. The van der Waals surface area contributed by atoms with Gasteiger partial charge in [0.05, 0.1) is 5.25 Å². The number of thioether (sulfide) groups is 1. The van der Waals surface area contributed by atoms with Gasteiger partial charge >= 0.3 is 0 Å². The Balaban J connectivity index is 1.78. The lowest BCUT2D eigenvalue weighted by molar-refractivity contribution is -0.119. The Morgan fingerprint density at radius 1 is 1.39 bits per heavy atom. The Morgan fingerprint density at radius 2 is 2.22 bits per heavy atom. The van der Waals surface area contributed by atoms with E-state index in [2.05, 4.69) is 10.2 Å². The van der Waals surface area contributed by atoms with Crippen LogP contribution in [0.25, 0.3) is 0 Å². The van der Waals surface area contributed by atoms with E-state index < -0.39 is 0 Å². The maximum Gasteiger partial charge on any atom is 0.240 e. The predicted molar refractivity (Wildman–Crippen MR) is 88.0 cm³/mol. The summed E-state index contributed by atoms with van der Waals surface area (Å²) >= 11 is 1.44. The minimum Gasteiger partial charge on any atom is -0.311 e. The van der Waals surface area contributed by atoms with Crippen LogP contribution in [-0.4, -0.2) is 32.5 Å². The molecule has 1 atom stereocenters. The van der Waals surface area contributed by atoms with Crippen molar-refractivity contribution in [3.05, 3.63) is 35.9 Å². The largest absolute Gasteiger partial charge is 0.311 e. The van der Waals surface area contributed by atoms with Crippen molar-refractivity contribution in [3.8, 4) is 0 Å². The summed E-state index contributed by atoms with van der Waals surface area (Å²) < 4.78 is 15.4. The van der Waals surface area contributed by atoms with E-state index in [0.717, 1.165) is 30.2 Å². The third kappa shape index (κ3) is 3.24. The lowest BCUT2D eigenvalue weighted by Gasteiger charge is -2.31. The molecule has 7 heteroatoms. The maximum absolute atomic E-state index is 13.4. The van der Waals surface area contributed by atoms with E-state index >= 15 is 0 Å². The SMILES string of the molecule is CCc1nnc(S[C@H]2CCCN(c3cccc(F)c3)C2=O)n1C. The van der Waals surface area contributed by atoms with Crippen LogP contribution in [0.2, 0.25) is 0 Å². The average Bonchev–Trinajstić information content (AvgIpc) is 2.89. The van der Waals surface area contributed by atoms with Gasteiger partial charge in [-0.2, -0.15) is 0 Å². The summed E-state index contributed by atoms with van der Waals surface area (Å²) in [4.78, 5) is 14.4. The number of hydrogen-bond acceptors (Lipinski definition) is 4. The van der Waals surface area contributed by atoms with Crippen LogP contribution >= 0.6 is 11.8 Å². The van der Waals surface area contributed by atoms with Crippen molar-refractivity contribution >= 4 is 23.4 Å². The summed E-state index contributed by atoms with van der Waals surface area (Å²) in [5.41, 5.74) is 0.618. The molecule has 1 aliphatic heterocycles. The zero-order chi connectivity index (χ0) is 16.4. The molecule has 1 saturated heterocycles. The third-order valence-electron chi connectivity index (χ3n) is 4.00. The van der Waals surface area contributed by atoms with Gasteiger partial charge in [-0.05, 0) is 31.0 Å². The molecule has 0 N–H and O–H groups in total. The molecule has 0 saturated carbocycles. The van der Waals surface area contributed by atoms with E-state index in [4.69, 9.17) is 0 Å². The number of halogens is 1. The Bertz CT molecular complexity index is 718. The maximum atomic E-state index is 13.4. The van der Waals surface area contributed by atoms with E-state index in [1.54, 1.807) is 17.0 Å². The summed E-state index contributed by atoms with van der Waals surface area (Å²) in [5.74, 6) is 0.580. The normalized spacial score (nSPS) is 18.5. The molecule has 2 heterocycles. The van der Waals surface area contributed by atoms with Gasteiger partial charge in [0.15, 0.2) is 5.16 Å². The number of hydrogen-bond donors (Lipinski definition) is 0. The summed E-state index contributed by atoms with van der Waals surface area (Å²) in [5, 5.41) is 8.85. The Labute approximate surface area is 138 Å². The first-order valence-electron chi connectivity index (χ1n) is 7.72. The number of aromatic nitrogens is 3. The molecule has 3 rings (SSSR count). The van der Waals surface area contributed by atoms with Crippen LogP contribution in [0.1, 0.15) is 25.6 Å². The smallest absolute Gasteiger partial charge is 0.240 e. The molecule has 0 bridgehead atoms. The van der Waals surface area contributed by atoms with E-state index in [1.807, 2.05) is 18.5 Å². The van der Waals surface area contributed by atoms with Gasteiger partial charge in [-0.3, -0.25) is 4.79 Å². The van der Waals surface area contributed by atoms with E-state index in [9.17, 15) is 9.18 Å². The average molecular weight is 334 g/mol. The van der Waals surface area contributed by atoms with Gasteiger partial charge in [0.1, 0.15) is 11.6 Å². The standard InChI is InChI=1S/C16H19FN4OS/c1-3-14-18-19-16(20(14)2)23-13-8-5-9-21(15(13)22)12-7-4-6-11(17)10-12/h4,6-7,10,13H,3,5,8-9H2,1-2H3/t13-/m0/s1. The summed E-state index contributed by atoms with van der Waals surface area (Å²) in [7, 11) is 1.92. The van der Waals surface area contributed by atoms with Crippen molar-refractivity contribution < 1.29 is 9.18 Å². The van der Waals surface area contributed by atoms with Crippen LogP contribution in [0.3, 0.4) is 0 Å². The van der Waals surface area contributed by atoms with Crippen molar-refractivity contribution in [1.29, 1.82) is 0 Å². The molecule has 1 amide bonds. The van der Waals surface area contributed by atoms with Gasteiger partial charge in [0.2, 0.25) is 5.91 Å². The summed E-state index contributed by atoms with van der Waals surface area (Å²) in [6.45, 7) is 2.65. The van der Waals surface area contributed by atoms with Crippen LogP contribution < -0.4 is 4.90 Å². The highest BCUT2D eigenvalue weighted by Crippen LogP contribution is 2.31. The molecule has 0 unspecified atom stereocenters. The summed E-state index contributed by atoms with van der Waals surface area (Å²) in [6, 6.07) is 6.19. The minimum absolute atomic E-state index is 0.00731. The number of rotatable bonds is 4. The molecule has 1 aliphatic rings. The molecule has 1 aromatic heterocycles. The van der Waals surface area contributed by atoms with Crippen molar-refractivity contribution in [1.82, 2.24) is 14.8 Å². The molecule has 23 heavy (non-hydrogen) atoms. The zero-order valence-electron chi connectivity index (χ0n) is 13.2. The highest BCUT2D eigenvalue weighted by molar-refractivity contribution is 8.00. The fourth-order valence-electron chi connectivity index (χ4n) is 2.73. The van der Waals surface area contributed by atoms with Crippen molar-refractivity contribution in [3.63, 3.8) is 0 Å². The second-order valence-electron chi connectivity index (χ2n) is 5.53. The molecule has 2 aromatic rings. The van der Waals surface area contributed by atoms with Gasteiger partial charge in [0.25, 0.3) is 0 Å². The molecule has 0 spiro atoms. The monoisotopic (exact) mass is 334 g/mol. The quantitative estimate of drug-likeness (QED) is 0.863. The molecule has 122 valence electrons. The predicted octanol–water partition coefficient (Wildman–Crippen LogP) is 2.80. The number of aryl methyl sites for hydroxylation is 1. The van der Waals surface area contributed by atoms with Crippen molar-refractivity contribution in [2.24, 2.45) is 7.05 Å². The lowest BCUT2D eigenvalue weighted by Crippen LogP contribution is -2.43. The number of benzene rings is 1. The first-order chi connectivity index (χ1) is 11.1. The Kier molecular flexibility index (Phi) is 4.66. The minimum atomic E-state index is -0.328. The van der Waals surface area contributed by atoms with Crippen LogP contribution in [0.5, 0.6) is 0 Å². The number of amides is 1. The number of piperidine rings is 1. The van der Waals surface area contributed by atoms with E-state index in [-0.39, 0.29) is 17.0 Å². The highest BCUT2D eigenvalue weighted by Gasteiger charge is 2.31. The lowest BCUT2D eigenvalue weighted by atomic mass is 10.1. The van der Waals surface area contributed by atoms with Gasteiger partial charge < -0.3 is 9.47 Å².